The van der Waals surface area contributed by atoms with Crippen molar-refractivity contribution in [1.29, 1.82) is 0 Å². The number of benzene rings is 2. The molecule has 0 atom stereocenters. The van der Waals surface area contributed by atoms with Crippen LogP contribution in [0.25, 0.3) is 11.1 Å². The molecule has 2 aromatic rings. The van der Waals surface area contributed by atoms with Crippen molar-refractivity contribution in [2.24, 2.45) is 5.92 Å². The topological polar surface area (TPSA) is 0 Å². The van der Waals surface area contributed by atoms with E-state index < -0.39 is 0 Å². The Labute approximate surface area is 136 Å². The second kappa shape index (κ2) is 9.46. The zero-order valence-corrected chi connectivity index (χ0v) is 14.2. The van der Waals surface area contributed by atoms with Gasteiger partial charge in [-0.1, -0.05) is 101 Å². The summed E-state index contributed by atoms with van der Waals surface area (Å²) in [5.41, 5.74) is 4.24. The van der Waals surface area contributed by atoms with Gasteiger partial charge < -0.3 is 0 Å². The minimum Gasteiger partial charge on any atom is -0.0628 e. The van der Waals surface area contributed by atoms with E-state index in [0.29, 0.717) is 0 Å². The van der Waals surface area contributed by atoms with Gasteiger partial charge in [0.2, 0.25) is 0 Å². The number of hydrogen-bond donors (Lipinski definition) is 0. The van der Waals surface area contributed by atoms with Crippen molar-refractivity contribution >= 4 is 0 Å². The first-order chi connectivity index (χ1) is 10.8. The van der Waals surface area contributed by atoms with Gasteiger partial charge in [0, 0.05) is 0 Å². The molecule has 0 radical (unpaired) electrons. The Morgan fingerprint density at radius 1 is 0.682 bits per heavy atom. The molecule has 0 heteroatoms. The smallest absolute Gasteiger partial charge is 0.0152 e. The molecule has 22 heavy (non-hydrogen) atoms. The fourth-order valence-electron chi connectivity index (χ4n) is 3.04. The number of aryl methyl sites for hydroxylation is 1. The third kappa shape index (κ3) is 5.67. The van der Waals surface area contributed by atoms with Crippen molar-refractivity contribution in [3.63, 3.8) is 0 Å². The maximum absolute atomic E-state index is 2.32. The molecule has 0 N–H and O–H groups in total. The highest BCUT2D eigenvalue weighted by atomic mass is 14.1. The van der Waals surface area contributed by atoms with E-state index in [-0.39, 0.29) is 0 Å². The second-order valence-electron chi connectivity index (χ2n) is 6.72. The highest BCUT2D eigenvalue weighted by Gasteiger charge is 2.03. The molecule has 2 rings (SSSR count). The maximum Gasteiger partial charge on any atom is -0.0152 e. The predicted molar refractivity (Wildman–Crippen MR) is 98.1 cm³/mol. The molecule has 0 unspecified atom stereocenters. The highest BCUT2D eigenvalue weighted by molar-refractivity contribution is 5.67. The molecule has 0 aliphatic heterocycles. The van der Waals surface area contributed by atoms with Crippen LogP contribution in [0, 0.1) is 5.92 Å². The molecule has 0 nitrogen and oxygen atoms in total. The SMILES string of the molecule is CC(C)CCCCCCCc1ccccc1-c1ccccc1. The van der Waals surface area contributed by atoms with E-state index in [1.807, 2.05) is 0 Å². The molecule has 0 saturated carbocycles. The predicted octanol–water partition coefficient (Wildman–Crippen LogP) is 6.89. The van der Waals surface area contributed by atoms with Gasteiger partial charge in [0.05, 0.1) is 0 Å². The van der Waals surface area contributed by atoms with Crippen LogP contribution in [0.1, 0.15) is 57.9 Å². The van der Waals surface area contributed by atoms with Crippen LogP contribution in [0.3, 0.4) is 0 Å². The summed E-state index contributed by atoms with van der Waals surface area (Å²) in [5, 5.41) is 0. The lowest BCUT2D eigenvalue weighted by molar-refractivity contribution is 0.515. The van der Waals surface area contributed by atoms with Gasteiger partial charge in [-0.05, 0) is 35.4 Å². The van der Waals surface area contributed by atoms with Crippen molar-refractivity contribution in [2.75, 3.05) is 0 Å². The molecule has 0 aliphatic rings. The monoisotopic (exact) mass is 294 g/mol. The molecule has 0 bridgehead atoms. The minimum atomic E-state index is 0.859. The molecule has 118 valence electrons. The standard InChI is InChI=1S/C22H30/c1-19(2)13-7-4-3-5-8-14-21-17-11-12-18-22(21)20-15-9-6-10-16-20/h6,9-12,15-19H,3-5,7-8,13-14H2,1-2H3. The fourth-order valence-corrected chi connectivity index (χ4v) is 3.04. The summed E-state index contributed by atoms with van der Waals surface area (Å²) in [6.45, 7) is 4.64. The molecule has 0 amide bonds. The average Bonchev–Trinajstić information content (AvgIpc) is 2.55. The summed E-state index contributed by atoms with van der Waals surface area (Å²) < 4.78 is 0. The Morgan fingerprint density at radius 3 is 2.09 bits per heavy atom. The normalized spacial score (nSPS) is 11.0. The van der Waals surface area contributed by atoms with Gasteiger partial charge in [-0.2, -0.15) is 0 Å². The van der Waals surface area contributed by atoms with Crippen molar-refractivity contribution in [3.05, 3.63) is 60.2 Å². The van der Waals surface area contributed by atoms with Gasteiger partial charge in [-0.15, -0.1) is 0 Å². The first kappa shape index (κ1) is 16.8. The molecule has 0 spiro atoms. The van der Waals surface area contributed by atoms with Crippen LogP contribution in [0.15, 0.2) is 54.6 Å². The van der Waals surface area contributed by atoms with E-state index in [2.05, 4.69) is 68.4 Å². The minimum absolute atomic E-state index is 0.859. The van der Waals surface area contributed by atoms with Crippen LogP contribution in [0.4, 0.5) is 0 Å². The summed E-state index contributed by atoms with van der Waals surface area (Å²) >= 11 is 0. The third-order valence-corrected chi connectivity index (χ3v) is 4.33. The van der Waals surface area contributed by atoms with Crippen molar-refractivity contribution in [1.82, 2.24) is 0 Å². The van der Waals surface area contributed by atoms with Crippen LogP contribution in [0.5, 0.6) is 0 Å². The molecule has 2 aromatic carbocycles. The first-order valence-corrected chi connectivity index (χ1v) is 8.90. The van der Waals surface area contributed by atoms with Crippen LogP contribution in [-0.4, -0.2) is 0 Å². The summed E-state index contributed by atoms with van der Waals surface area (Å²) in [7, 11) is 0. The number of unbranched alkanes of at least 4 members (excludes halogenated alkanes) is 4. The lowest BCUT2D eigenvalue weighted by atomic mass is 9.95. The van der Waals surface area contributed by atoms with Crippen LogP contribution >= 0.6 is 0 Å². The number of rotatable bonds is 9. The van der Waals surface area contributed by atoms with Crippen LogP contribution in [-0.2, 0) is 6.42 Å². The van der Waals surface area contributed by atoms with Crippen molar-refractivity contribution in [2.45, 2.75) is 58.8 Å². The van der Waals surface area contributed by atoms with Gasteiger partial charge in [0.25, 0.3) is 0 Å². The summed E-state index contributed by atoms with van der Waals surface area (Å²) in [5.74, 6) is 0.859. The summed E-state index contributed by atoms with van der Waals surface area (Å²) in [6.07, 6.45) is 9.45. The molecular weight excluding hydrogens is 264 g/mol. The van der Waals surface area contributed by atoms with Crippen LogP contribution in [0.2, 0.25) is 0 Å². The maximum atomic E-state index is 2.32. The van der Waals surface area contributed by atoms with Crippen LogP contribution < -0.4 is 0 Å². The van der Waals surface area contributed by atoms with E-state index in [4.69, 9.17) is 0 Å². The van der Waals surface area contributed by atoms with Crippen molar-refractivity contribution in [3.8, 4) is 11.1 Å². The lowest BCUT2D eigenvalue weighted by Crippen LogP contribution is -1.91. The van der Waals surface area contributed by atoms with Gasteiger partial charge in [0.1, 0.15) is 0 Å². The van der Waals surface area contributed by atoms with Gasteiger partial charge >= 0.3 is 0 Å². The van der Waals surface area contributed by atoms with E-state index in [9.17, 15) is 0 Å². The van der Waals surface area contributed by atoms with Gasteiger partial charge in [-0.3, -0.25) is 0 Å². The van der Waals surface area contributed by atoms with E-state index in [1.54, 1.807) is 0 Å². The molecular formula is C22H30. The van der Waals surface area contributed by atoms with E-state index in [0.717, 1.165) is 5.92 Å². The van der Waals surface area contributed by atoms with Gasteiger partial charge in [-0.25, -0.2) is 0 Å². The second-order valence-corrected chi connectivity index (χ2v) is 6.72. The van der Waals surface area contributed by atoms with Gasteiger partial charge in [0.15, 0.2) is 0 Å². The molecule has 0 heterocycles. The summed E-state index contributed by atoms with van der Waals surface area (Å²) in [6, 6.07) is 19.6. The Hall–Kier alpha value is -1.56. The average molecular weight is 294 g/mol. The Kier molecular flexibility index (Phi) is 7.22. The quantitative estimate of drug-likeness (QED) is 0.441. The largest absolute Gasteiger partial charge is 0.0628 e. The summed E-state index contributed by atoms with van der Waals surface area (Å²) in [4.78, 5) is 0. The van der Waals surface area contributed by atoms with Crippen molar-refractivity contribution < 1.29 is 0 Å². The Morgan fingerprint density at radius 2 is 1.32 bits per heavy atom. The zero-order chi connectivity index (χ0) is 15.6. The van der Waals surface area contributed by atoms with E-state index >= 15 is 0 Å². The molecule has 0 fully saturated rings. The third-order valence-electron chi connectivity index (χ3n) is 4.33. The Balaban J connectivity index is 1.79. The molecule has 0 aromatic heterocycles. The Bertz CT molecular complexity index is 525. The first-order valence-electron chi connectivity index (χ1n) is 8.90. The molecule has 0 saturated heterocycles. The molecule has 0 aliphatic carbocycles. The highest BCUT2D eigenvalue weighted by Crippen LogP contribution is 2.25. The fraction of sp³-hybridized carbons (Fsp3) is 0.455. The zero-order valence-electron chi connectivity index (χ0n) is 14.2. The van der Waals surface area contributed by atoms with E-state index in [1.165, 1.54) is 61.6 Å². The lowest BCUT2D eigenvalue weighted by Gasteiger charge is -2.10. The number of hydrogen-bond acceptors (Lipinski definition) is 0.